The van der Waals surface area contributed by atoms with Crippen molar-refractivity contribution in [3.8, 4) is 0 Å². The molecule has 2 N–H and O–H groups in total. The summed E-state index contributed by atoms with van der Waals surface area (Å²) >= 11 is 2.13. The number of carbonyl (C=O) groups excluding carboxylic acids is 2. The molecule has 4 saturated carbocycles. The molecule has 4 bridgehead atoms. The Kier molecular flexibility index (Phi) is 5.27. The summed E-state index contributed by atoms with van der Waals surface area (Å²) in [5.41, 5.74) is 3.80. The van der Waals surface area contributed by atoms with Gasteiger partial charge in [-0.2, -0.15) is 5.10 Å². The maximum absolute atomic E-state index is 12.6. The number of rotatable bonds is 5. The lowest BCUT2D eigenvalue weighted by molar-refractivity contribution is -0.125. The van der Waals surface area contributed by atoms with Gasteiger partial charge < -0.3 is 5.32 Å². The third kappa shape index (κ3) is 4.20. The largest absolute Gasteiger partial charge is 0.350 e. The van der Waals surface area contributed by atoms with Crippen LogP contribution in [-0.4, -0.2) is 23.1 Å². The van der Waals surface area contributed by atoms with Crippen LogP contribution in [0, 0.1) is 21.3 Å². The highest BCUT2D eigenvalue weighted by Gasteiger charge is 2.51. The molecule has 4 aliphatic carbocycles. The third-order valence-corrected chi connectivity index (χ3v) is 7.27. The lowest BCUT2D eigenvalue weighted by atomic mass is 9.53. The van der Waals surface area contributed by atoms with E-state index < -0.39 is 0 Å². The van der Waals surface area contributed by atoms with E-state index in [9.17, 15) is 9.59 Å². The predicted molar refractivity (Wildman–Crippen MR) is 113 cm³/mol. The number of amides is 2. The smallest absolute Gasteiger partial charge is 0.272 e. The van der Waals surface area contributed by atoms with Crippen LogP contribution in [0.2, 0.25) is 0 Å². The summed E-state index contributed by atoms with van der Waals surface area (Å²) < 4.78 is 0.875. The van der Waals surface area contributed by atoms with E-state index in [1.54, 1.807) is 13.0 Å². The Balaban J connectivity index is 1.32. The molecule has 4 fully saturated rings. The Morgan fingerprint density at radius 2 is 1.70 bits per heavy atom. The topological polar surface area (TPSA) is 70.6 Å². The van der Waals surface area contributed by atoms with Gasteiger partial charge in [0, 0.05) is 14.8 Å². The van der Waals surface area contributed by atoms with E-state index in [4.69, 9.17) is 0 Å². The van der Waals surface area contributed by atoms with Gasteiger partial charge in [-0.3, -0.25) is 9.59 Å². The molecule has 6 heteroatoms. The number of hydrazone groups is 1. The SMILES string of the molecule is C/C(CC(=O)NC12CC3CC(CC(C3)C1)C2)=N/NC(=O)c1ccccc1I. The van der Waals surface area contributed by atoms with Gasteiger partial charge in [0.15, 0.2) is 0 Å². The van der Waals surface area contributed by atoms with Gasteiger partial charge in [-0.25, -0.2) is 5.43 Å². The number of hydrogen-bond donors (Lipinski definition) is 2. The third-order valence-electron chi connectivity index (χ3n) is 6.33. The second-order valence-electron chi connectivity index (χ2n) is 8.69. The molecule has 1 aromatic carbocycles. The molecule has 0 spiro atoms. The van der Waals surface area contributed by atoms with Crippen LogP contribution in [0.5, 0.6) is 0 Å². The highest BCUT2D eigenvalue weighted by molar-refractivity contribution is 14.1. The molecular weight excluding hydrogens is 453 g/mol. The minimum Gasteiger partial charge on any atom is -0.350 e. The fourth-order valence-corrected chi connectivity index (χ4v) is 6.36. The number of benzene rings is 1. The van der Waals surface area contributed by atoms with E-state index in [2.05, 4.69) is 38.4 Å². The molecule has 0 heterocycles. The summed E-state index contributed by atoms with van der Waals surface area (Å²) in [6.45, 7) is 1.79. The molecule has 1 aromatic rings. The Hall–Kier alpha value is -1.44. The first-order valence-corrected chi connectivity index (χ1v) is 10.9. The van der Waals surface area contributed by atoms with Crippen molar-refractivity contribution in [1.82, 2.24) is 10.7 Å². The van der Waals surface area contributed by atoms with Crippen molar-refractivity contribution in [3.63, 3.8) is 0 Å². The van der Waals surface area contributed by atoms with Crippen LogP contribution in [0.1, 0.15) is 62.2 Å². The maximum atomic E-state index is 12.6. The van der Waals surface area contributed by atoms with E-state index in [0.717, 1.165) is 40.6 Å². The molecule has 4 aliphatic rings. The van der Waals surface area contributed by atoms with Crippen LogP contribution >= 0.6 is 22.6 Å². The van der Waals surface area contributed by atoms with Crippen molar-refractivity contribution in [2.75, 3.05) is 0 Å². The van der Waals surface area contributed by atoms with Crippen LogP contribution < -0.4 is 10.7 Å². The number of carbonyl (C=O) groups is 2. The molecular formula is C21H26IN3O2. The average molecular weight is 479 g/mol. The van der Waals surface area contributed by atoms with Gasteiger partial charge in [-0.05, 0) is 97.9 Å². The number of hydrogen-bond acceptors (Lipinski definition) is 3. The number of nitrogens with zero attached hydrogens (tertiary/aromatic N) is 1. The van der Waals surface area contributed by atoms with Crippen molar-refractivity contribution < 1.29 is 9.59 Å². The average Bonchev–Trinajstić information content (AvgIpc) is 2.58. The monoisotopic (exact) mass is 479 g/mol. The summed E-state index contributed by atoms with van der Waals surface area (Å²) in [7, 11) is 0. The zero-order valence-corrected chi connectivity index (χ0v) is 17.8. The van der Waals surface area contributed by atoms with E-state index in [0.29, 0.717) is 11.3 Å². The van der Waals surface area contributed by atoms with E-state index in [1.807, 2.05) is 18.2 Å². The minimum absolute atomic E-state index is 0.0233. The van der Waals surface area contributed by atoms with Crippen molar-refractivity contribution in [2.24, 2.45) is 22.9 Å². The van der Waals surface area contributed by atoms with Gasteiger partial charge in [0.05, 0.1) is 12.0 Å². The zero-order chi connectivity index (χ0) is 19.0. The Labute approximate surface area is 173 Å². The molecule has 2 amide bonds. The fourth-order valence-electron chi connectivity index (χ4n) is 5.73. The first kappa shape index (κ1) is 18.9. The lowest BCUT2D eigenvalue weighted by Gasteiger charge is -2.56. The van der Waals surface area contributed by atoms with E-state index in [1.165, 1.54) is 19.3 Å². The van der Waals surface area contributed by atoms with Crippen LogP contribution in [0.3, 0.4) is 0 Å². The molecule has 0 saturated heterocycles. The van der Waals surface area contributed by atoms with Crippen molar-refractivity contribution >= 4 is 40.1 Å². The molecule has 0 atom stereocenters. The molecule has 27 heavy (non-hydrogen) atoms. The fraction of sp³-hybridized carbons (Fsp3) is 0.571. The maximum Gasteiger partial charge on any atom is 0.272 e. The Morgan fingerprint density at radius 1 is 1.11 bits per heavy atom. The van der Waals surface area contributed by atoms with Crippen LogP contribution in [0.15, 0.2) is 29.4 Å². The second-order valence-corrected chi connectivity index (χ2v) is 9.85. The molecule has 5 nitrogen and oxygen atoms in total. The Bertz CT molecular complexity index is 754. The molecule has 0 aromatic heterocycles. The predicted octanol–water partition coefficient (Wildman–Crippen LogP) is 3.87. The van der Waals surface area contributed by atoms with Crippen molar-refractivity contribution in [1.29, 1.82) is 0 Å². The number of nitrogens with one attached hydrogen (secondary N) is 2. The van der Waals surface area contributed by atoms with E-state index >= 15 is 0 Å². The molecule has 0 unspecified atom stereocenters. The summed E-state index contributed by atoms with van der Waals surface area (Å²) in [6.07, 6.45) is 7.74. The van der Waals surface area contributed by atoms with Crippen molar-refractivity contribution in [3.05, 3.63) is 33.4 Å². The van der Waals surface area contributed by atoms with Crippen LogP contribution in [0.4, 0.5) is 0 Å². The quantitative estimate of drug-likeness (QED) is 0.383. The van der Waals surface area contributed by atoms with E-state index in [-0.39, 0.29) is 23.8 Å². The van der Waals surface area contributed by atoms with Gasteiger partial charge in [-0.1, -0.05) is 12.1 Å². The summed E-state index contributed by atoms with van der Waals surface area (Å²) in [5, 5.41) is 7.48. The first-order valence-electron chi connectivity index (χ1n) is 9.81. The second kappa shape index (κ2) is 7.53. The van der Waals surface area contributed by atoms with Gasteiger partial charge in [0.1, 0.15) is 0 Å². The summed E-state index contributed by atoms with van der Waals surface area (Å²) in [4.78, 5) is 24.8. The molecule has 5 rings (SSSR count). The van der Waals surface area contributed by atoms with Gasteiger partial charge in [0.25, 0.3) is 5.91 Å². The zero-order valence-electron chi connectivity index (χ0n) is 15.6. The van der Waals surface area contributed by atoms with Crippen molar-refractivity contribution in [2.45, 2.75) is 57.4 Å². The summed E-state index contributed by atoms with van der Waals surface area (Å²) in [5.74, 6) is 2.19. The van der Waals surface area contributed by atoms with Gasteiger partial charge in [0.2, 0.25) is 5.91 Å². The highest BCUT2D eigenvalue weighted by atomic mass is 127. The first-order chi connectivity index (χ1) is 12.9. The lowest BCUT2D eigenvalue weighted by Crippen LogP contribution is -2.60. The molecule has 0 aliphatic heterocycles. The number of halogens is 1. The molecule has 144 valence electrons. The standard InChI is InChI=1S/C21H26IN3O2/c1-13(24-25-20(27)17-4-2-3-5-18(17)22)6-19(26)23-21-10-14-7-15(11-21)9-16(8-14)12-21/h2-5,14-16H,6-12H2,1H3,(H,23,26)(H,25,27)/b24-13-. The summed E-state index contributed by atoms with van der Waals surface area (Å²) in [6, 6.07) is 7.36. The van der Waals surface area contributed by atoms with Gasteiger partial charge >= 0.3 is 0 Å². The normalized spacial score (nSPS) is 31.6. The van der Waals surface area contributed by atoms with Gasteiger partial charge in [-0.15, -0.1) is 0 Å². The van der Waals surface area contributed by atoms with Crippen LogP contribution in [-0.2, 0) is 4.79 Å². The highest BCUT2D eigenvalue weighted by Crippen LogP contribution is 2.55. The molecule has 0 radical (unpaired) electrons. The Morgan fingerprint density at radius 3 is 2.30 bits per heavy atom. The van der Waals surface area contributed by atoms with Crippen LogP contribution in [0.25, 0.3) is 0 Å². The minimum atomic E-state index is -0.249.